The lowest BCUT2D eigenvalue weighted by molar-refractivity contribution is -0.149. The van der Waals surface area contributed by atoms with Crippen molar-refractivity contribution < 1.29 is 19.1 Å². The summed E-state index contributed by atoms with van der Waals surface area (Å²) >= 11 is 0. The summed E-state index contributed by atoms with van der Waals surface area (Å²) in [5.74, 6) is -0.237. The highest BCUT2D eigenvalue weighted by molar-refractivity contribution is 5.69. The minimum absolute atomic E-state index is 0.0318. The first kappa shape index (κ1) is 12.2. The lowest BCUT2D eigenvalue weighted by atomic mass is 10.0. The Hall–Kier alpha value is -1.26. The first-order chi connectivity index (χ1) is 8.11. The number of nitrogens with zero attached hydrogens (tertiary/aromatic N) is 1. The number of hydrogen-bond acceptors (Lipinski definition) is 4. The number of rotatable bonds is 2. The van der Waals surface area contributed by atoms with Crippen molar-refractivity contribution in [2.45, 2.75) is 57.7 Å². The van der Waals surface area contributed by atoms with Gasteiger partial charge >= 0.3 is 12.1 Å². The van der Waals surface area contributed by atoms with Crippen LogP contribution in [0.4, 0.5) is 4.79 Å². The van der Waals surface area contributed by atoms with E-state index in [0.717, 1.165) is 25.7 Å². The van der Waals surface area contributed by atoms with Gasteiger partial charge in [0, 0.05) is 31.8 Å². The third kappa shape index (κ3) is 2.53. The van der Waals surface area contributed by atoms with E-state index >= 15 is 0 Å². The van der Waals surface area contributed by atoms with Crippen molar-refractivity contribution >= 4 is 12.1 Å². The SMILES string of the molecule is CCOC(=O)N1C2CCC1CC(OC(C)=O)C2. The van der Waals surface area contributed by atoms with E-state index in [2.05, 4.69) is 0 Å². The number of carbonyl (C=O) groups is 2. The quantitative estimate of drug-likeness (QED) is 0.690. The molecule has 2 saturated heterocycles. The smallest absolute Gasteiger partial charge is 0.410 e. The molecule has 2 unspecified atom stereocenters. The number of hydrogen-bond donors (Lipinski definition) is 0. The maximum Gasteiger partial charge on any atom is 0.410 e. The van der Waals surface area contributed by atoms with Crippen molar-refractivity contribution in [3.05, 3.63) is 0 Å². The van der Waals surface area contributed by atoms with Crippen molar-refractivity contribution in [3.63, 3.8) is 0 Å². The fourth-order valence-corrected chi connectivity index (χ4v) is 2.95. The van der Waals surface area contributed by atoms with Crippen molar-refractivity contribution in [1.82, 2.24) is 4.90 Å². The average molecular weight is 241 g/mol. The molecule has 5 heteroatoms. The van der Waals surface area contributed by atoms with Crippen molar-refractivity contribution in [2.75, 3.05) is 6.61 Å². The fraction of sp³-hybridized carbons (Fsp3) is 0.833. The summed E-state index contributed by atoms with van der Waals surface area (Å²) in [6.07, 6.45) is 3.21. The Balaban J connectivity index is 1.97. The van der Waals surface area contributed by atoms with Gasteiger partial charge in [0.15, 0.2) is 0 Å². The lowest BCUT2D eigenvalue weighted by Gasteiger charge is -2.37. The Kier molecular flexibility index (Phi) is 3.54. The van der Waals surface area contributed by atoms with Crippen LogP contribution in [0.5, 0.6) is 0 Å². The molecule has 2 rings (SSSR count). The number of amides is 1. The lowest BCUT2D eigenvalue weighted by Crippen LogP contribution is -2.49. The third-order valence-electron chi connectivity index (χ3n) is 3.50. The number of piperidine rings is 1. The van der Waals surface area contributed by atoms with Crippen LogP contribution in [0.1, 0.15) is 39.5 Å². The van der Waals surface area contributed by atoms with Gasteiger partial charge in [-0.3, -0.25) is 4.79 Å². The molecule has 2 atom stereocenters. The van der Waals surface area contributed by atoms with Gasteiger partial charge < -0.3 is 14.4 Å². The van der Waals surface area contributed by atoms with Gasteiger partial charge in [-0.05, 0) is 19.8 Å². The van der Waals surface area contributed by atoms with E-state index in [9.17, 15) is 9.59 Å². The van der Waals surface area contributed by atoms with Gasteiger partial charge in [0.05, 0.1) is 6.61 Å². The summed E-state index contributed by atoms with van der Waals surface area (Å²) in [7, 11) is 0. The maximum absolute atomic E-state index is 11.8. The number of esters is 1. The molecule has 0 radical (unpaired) electrons. The van der Waals surface area contributed by atoms with Gasteiger partial charge in [-0.25, -0.2) is 4.79 Å². The van der Waals surface area contributed by atoms with Crippen LogP contribution in [0.3, 0.4) is 0 Å². The molecule has 0 aromatic heterocycles. The molecule has 2 heterocycles. The van der Waals surface area contributed by atoms with Crippen molar-refractivity contribution in [3.8, 4) is 0 Å². The first-order valence-electron chi connectivity index (χ1n) is 6.24. The van der Waals surface area contributed by atoms with E-state index in [1.807, 2.05) is 11.8 Å². The fourth-order valence-electron chi connectivity index (χ4n) is 2.95. The predicted octanol–water partition coefficient (Wildman–Crippen LogP) is 1.70. The van der Waals surface area contributed by atoms with Gasteiger partial charge in [-0.15, -0.1) is 0 Å². The Morgan fingerprint density at radius 3 is 2.29 bits per heavy atom. The first-order valence-corrected chi connectivity index (χ1v) is 6.24. The van der Waals surface area contributed by atoms with Crippen LogP contribution in [0, 0.1) is 0 Å². The molecule has 0 aliphatic carbocycles. The summed E-state index contributed by atoms with van der Waals surface area (Å²) in [4.78, 5) is 24.6. The summed E-state index contributed by atoms with van der Waals surface area (Å²) in [5.41, 5.74) is 0. The van der Waals surface area contributed by atoms with Crippen LogP contribution in [-0.4, -0.2) is 41.8 Å². The second-order valence-electron chi connectivity index (χ2n) is 4.69. The molecule has 96 valence electrons. The van der Waals surface area contributed by atoms with Crippen LogP contribution in [0.25, 0.3) is 0 Å². The highest BCUT2D eigenvalue weighted by Gasteiger charge is 2.44. The van der Waals surface area contributed by atoms with Gasteiger partial charge in [-0.1, -0.05) is 0 Å². The monoisotopic (exact) mass is 241 g/mol. The Morgan fingerprint density at radius 1 is 1.24 bits per heavy atom. The van der Waals surface area contributed by atoms with Crippen LogP contribution in [0.15, 0.2) is 0 Å². The molecular weight excluding hydrogens is 222 g/mol. The van der Waals surface area contributed by atoms with Crippen molar-refractivity contribution in [1.29, 1.82) is 0 Å². The van der Waals surface area contributed by atoms with Crippen LogP contribution < -0.4 is 0 Å². The van der Waals surface area contributed by atoms with Gasteiger partial charge in [-0.2, -0.15) is 0 Å². The van der Waals surface area contributed by atoms with Gasteiger partial charge in [0.1, 0.15) is 6.10 Å². The van der Waals surface area contributed by atoms with Gasteiger partial charge in [0.25, 0.3) is 0 Å². The van der Waals surface area contributed by atoms with E-state index in [0.29, 0.717) is 6.61 Å². The standard InChI is InChI=1S/C12H19NO4/c1-3-16-12(15)13-9-4-5-10(13)7-11(6-9)17-8(2)14/h9-11H,3-7H2,1-2H3. The zero-order chi connectivity index (χ0) is 12.4. The molecule has 5 nitrogen and oxygen atoms in total. The molecule has 2 bridgehead atoms. The normalized spacial score (nSPS) is 31.2. The Labute approximate surface area is 101 Å². The largest absolute Gasteiger partial charge is 0.462 e. The molecule has 1 amide bonds. The molecule has 2 aliphatic heterocycles. The predicted molar refractivity (Wildman–Crippen MR) is 60.5 cm³/mol. The van der Waals surface area contributed by atoms with E-state index in [1.54, 1.807) is 0 Å². The molecule has 2 fully saturated rings. The summed E-state index contributed by atoms with van der Waals surface area (Å²) < 4.78 is 10.3. The highest BCUT2D eigenvalue weighted by atomic mass is 16.6. The highest BCUT2D eigenvalue weighted by Crippen LogP contribution is 2.37. The van der Waals surface area contributed by atoms with Crippen LogP contribution in [0.2, 0.25) is 0 Å². The third-order valence-corrected chi connectivity index (χ3v) is 3.50. The maximum atomic E-state index is 11.8. The average Bonchev–Trinajstić information content (AvgIpc) is 2.50. The van der Waals surface area contributed by atoms with Crippen LogP contribution >= 0.6 is 0 Å². The molecule has 0 aromatic carbocycles. The zero-order valence-electron chi connectivity index (χ0n) is 10.3. The zero-order valence-corrected chi connectivity index (χ0v) is 10.3. The minimum atomic E-state index is -0.237. The molecule has 0 aromatic rings. The molecule has 0 saturated carbocycles. The molecule has 2 aliphatic rings. The second kappa shape index (κ2) is 4.94. The van der Waals surface area contributed by atoms with E-state index in [-0.39, 0.29) is 30.3 Å². The number of ether oxygens (including phenoxy) is 2. The van der Waals surface area contributed by atoms with Crippen LogP contribution in [-0.2, 0) is 14.3 Å². The molecular formula is C12H19NO4. The number of carbonyl (C=O) groups excluding carboxylic acids is 2. The molecule has 0 N–H and O–H groups in total. The molecule has 17 heavy (non-hydrogen) atoms. The summed E-state index contributed by atoms with van der Waals surface area (Å²) in [5, 5.41) is 0. The number of fused-ring (bicyclic) bond motifs is 2. The van der Waals surface area contributed by atoms with E-state index in [4.69, 9.17) is 9.47 Å². The van der Waals surface area contributed by atoms with E-state index < -0.39 is 0 Å². The summed E-state index contributed by atoms with van der Waals surface area (Å²) in [6.45, 7) is 3.65. The second-order valence-corrected chi connectivity index (χ2v) is 4.69. The Morgan fingerprint density at radius 2 is 1.82 bits per heavy atom. The van der Waals surface area contributed by atoms with Crippen molar-refractivity contribution in [2.24, 2.45) is 0 Å². The Bertz CT molecular complexity index is 304. The van der Waals surface area contributed by atoms with E-state index in [1.165, 1.54) is 6.92 Å². The molecule has 0 spiro atoms. The minimum Gasteiger partial charge on any atom is -0.462 e. The summed E-state index contributed by atoms with van der Waals surface area (Å²) in [6, 6.07) is 0.356. The topological polar surface area (TPSA) is 55.8 Å². The van der Waals surface area contributed by atoms with Gasteiger partial charge in [0.2, 0.25) is 0 Å².